The summed E-state index contributed by atoms with van der Waals surface area (Å²) in [5, 5.41) is 2.24. The minimum Gasteiger partial charge on any atom is -0.305 e. The summed E-state index contributed by atoms with van der Waals surface area (Å²) in [4.78, 5) is 0. The molecule has 0 bridgehead atoms. The van der Waals surface area contributed by atoms with Crippen LogP contribution < -0.4 is 10.4 Å². The van der Waals surface area contributed by atoms with Crippen molar-refractivity contribution in [3.63, 3.8) is 0 Å². The lowest BCUT2D eigenvalue weighted by atomic mass is 10.1. The summed E-state index contributed by atoms with van der Waals surface area (Å²) in [6, 6.07) is 9.50. The van der Waals surface area contributed by atoms with E-state index < -0.39 is 0 Å². The molecule has 2 heteroatoms. The molecule has 0 saturated heterocycles. The second-order valence-corrected chi connectivity index (χ2v) is 3.87. The van der Waals surface area contributed by atoms with E-state index in [0.717, 1.165) is 0 Å². The predicted molar refractivity (Wildman–Crippen MR) is 55.6 cm³/mol. The quantitative estimate of drug-likeness (QED) is 0.707. The van der Waals surface area contributed by atoms with Crippen molar-refractivity contribution in [2.45, 2.75) is 32.9 Å². The maximum absolute atomic E-state index is 3.45. The Morgan fingerprint density at radius 3 is 2.69 bits per heavy atom. The van der Waals surface area contributed by atoms with Gasteiger partial charge < -0.3 is 5.01 Å². The van der Waals surface area contributed by atoms with Crippen LogP contribution in [0.25, 0.3) is 0 Å². The molecular weight excluding hydrogens is 160 g/mol. The Bertz CT molecular complexity index is 307. The molecule has 0 aliphatic carbocycles. The average Bonchev–Trinajstić information content (AvgIpc) is 2.45. The van der Waals surface area contributed by atoms with Crippen LogP contribution in [-0.2, 0) is 0 Å². The first-order valence-corrected chi connectivity index (χ1v) is 4.84. The summed E-state index contributed by atoms with van der Waals surface area (Å²) >= 11 is 0. The molecule has 0 fully saturated rings. The van der Waals surface area contributed by atoms with Gasteiger partial charge in [0.05, 0.1) is 11.7 Å². The molecule has 0 saturated carbocycles. The van der Waals surface area contributed by atoms with Crippen LogP contribution in [0.3, 0.4) is 0 Å². The monoisotopic (exact) mass is 176 g/mol. The Morgan fingerprint density at radius 2 is 2.00 bits per heavy atom. The lowest BCUT2D eigenvalue weighted by Gasteiger charge is -2.24. The first-order valence-electron chi connectivity index (χ1n) is 4.84. The normalized spacial score (nSPS) is 20.9. The van der Waals surface area contributed by atoms with Crippen LogP contribution in [0.1, 0.15) is 32.4 Å². The van der Waals surface area contributed by atoms with Gasteiger partial charge in [-0.15, -0.1) is 0 Å². The largest absolute Gasteiger partial charge is 0.305 e. The van der Waals surface area contributed by atoms with E-state index in [0.29, 0.717) is 12.1 Å². The number of hydrogen-bond donors (Lipinski definition) is 1. The molecule has 1 aliphatic heterocycles. The molecule has 0 aromatic heterocycles. The van der Waals surface area contributed by atoms with Crippen molar-refractivity contribution in [1.82, 2.24) is 5.43 Å². The summed E-state index contributed by atoms with van der Waals surface area (Å²) in [5.41, 5.74) is 6.18. The number of fused-ring (bicyclic) bond motifs is 1. The molecule has 1 aromatic rings. The third kappa shape index (κ3) is 1.31. The third-order valence-electron chi connectivity index (χ3n) is 2.51. The van der Waals surface area contributed by atoms with E-state index in [1.165, 1.54) is 11.3 Å². The van der Waals surface area contributed by atoms with Crippen molar-refractivity contribution < 1.29 is 0 Å². The Kier molecular flexibility index (Phi) is 2.00. The van der Waals surface area contributed by atoms with Gasteiger partial charge >= 0.3 is 0 Å². The zero-order valence-electron chi connectivity index (χ0n) is 8.41. The van der Waals surface area contributed by atoms with Gasteiger partial charge in [-0.3, -0.25) is 0 Å². The van der Waals surface area contributed by atoms with Gasteiger partial charge in [0.25, 0.3) is 0 Å². The molecule has 0 radical (unpaired) electrons. The number of benzene rings is 1. The molecule has 1 atom stereocenters. The van der Waals surface area contributed by atoms with Crippen molar-refractivity contribution in [2.75, 3.05) is 5.01 Å². The Balaban J connectivity index is 2.41. The second-order valence-electron chi connectivity index (χ2n) is 3.87. The molecule has 1 N–H and O–H groups in total. The highest BCUT2D eigenvalue weighted by Gasteiger charge is 2.25. The highest BCUT2D eigenvalue weighted by Crippen LogP contribution is 2.32. The average molecular weight is 176 g/mol. The van der Waals surface area contributed by atoms with Crippen molar-refractivity contribution in [3.05, 3.63) is 29.8 Å². The van der Waals surface area contributed by atoms with E-state index in [4.69, 9.17) is 0 Å². The van der Waals surface area contributed by atoms with E-state index in [1.54, 1.807) is 0 Å². The second kappa shape index (κ2) is 3.04. The van der Waals surface area contributed by atoms with E-state index in [1.807, 2.05) is 0 Å². The maximum Gasteiger partial charge on any atom is 0.0571 e. The van der Waals surface area contributed by atoms with Crippen molar-refractivity contribution in [3.8, 4) is 0 Å². The molecule has 13 heavy (non-hydrogen) atoms. The summed E-state index contributed by atoms with van der Waals surface area (Å²) in [6.45, 7) is 6.59. The van der Waals surface area contributed by atoms with Crippen LogP contribution >= 0.6 is 0 Å². The Morgan fingerprint density at radius 1 is 1.31 bits per heavy atom. The molecule has 1 aliphatic rings. The van der Waals surface area contributed by atoms with Gasteiger partial charge in [-0.05, 0) is 32.4 Å². The number of nitrogens with zero attached hydrogens (tertiary/aromatic N) is 1. The maximum atomic E-state index is 3.45. The van der Waals surface area contributed by atoms with Gasteiger partial charge in [0.2, 0.25) is 0 Å². The van der Waals surface area contributed by atoms with E-state index in [9.17, 15) is 0 Å². The van der Waals surface area contributed by atoms with Crippen molar-refractivity contribution in [2.24, 2.45) is 0 Å². The smallest absolute Gasteiger partial charge is 0.0571 e. The Hall–Kier alpha value is -1.02. The zero-order chi connectivity index (χ0) is 9.42. The van der Waals surface area contributed by atoms with E-state index in [2.05, 4.69) is 55.5 Å². The van der Waals surface area contributed by atoms with Gasteiger partial charge in [-0.25, -0.2) is 5.43 Å². The molecule has 2 nitrogen and oxygen atoms in total. The van der Waals surface area contributed by atoms with Gasteiger partial charge in [-0.1, -0.05) is 18.2 Å². The number of anilines is 1. The molecule has 2 rings (SSSR count). The SMILES string of the molecule is CC(C)N1N[C@H](C)c2ccccc21. The molecular formula is C11H16N2. The standard InChI is InChI=1S/C11H16N2/c1-8(2)13-11-7-5-4-6-10(11)9(3)12-13/h4-9,12H,1-3H3/t9-/m1/s1. The van der Waals surface area contributed by atoms with Gasteiger partial charge in [0.15, 0.2) is 0 Å². The van der Waals surface area contributed by atoms with Gasteiger partial charge in [0, 0.05) is 6.04 Å². The van der Waals surface area contributed by atoms with Crippen LogP contribution in [0.2, 0.25) is 0 Å². The summed E-state index contributed by atoms with van der Waals surface area (Å²) in [5.74, 6) is 0. The van der Waals surface area contributed by atoms with Crippen LogP contribution in [-0.4, -0.2) is 6.04 Å². The molecule has 1 aromatic carbocycles. The molecule has 0 spiro atoms. The van der Waals surface area contributed by atoms with Crippen molar-refractivity contribution >= 4 is 5.69 Å². The van der Waals surface area contributed by atoms with E-state index in [-0.39, 0.29) is 0 Å². The number of rotatable bonds is 1. The fraction of sp³-hybridized carbons (Fsp3) is 0.455. The molecule has 0 amide bonds. The van der Waals surface area contributed by atoms with Gasteiger partial charge in [0.1, 0.15) is 0 Å². The Labute approximate surface area is 79.5 Å². The predicted octanol–water partition coefficient (Wildman–Crippen LogP) is 2.48. The number of nitrogens with one attached hydrogen (secondary N) is 1. The minimum atomic E-state index is 0.443. The highest BCUT2D eigenvalue weighted by molar-refractivity contribution is 5.58. The minimum absolute atomic E-state index is 0.443. The summed E-state index contributed by atoms with van der Waals surface area (Å²) in [7, 11) is 0. The van der Waals surface area contributed by atoms with Crippen LogP contribution in [0, 0.1) is 0 Å². The van der Waals surface area contributed by atoms with Crippen LogP contribution in [0.5, 0.6) is 0 Å². The summed E-state index contributed by atoms with van der Waals surface area (Å²) in [6.07, 6.45) is 0. The first kappa shape index (κ1) is 8.57. The van der Waals surface area contributed by atoms with Crippen LogP contribution in [0.15, 0.2) is 24.3 Å². The lowest BCUT2D eigenvalue weighted by molar-refractivity contribution is 0.537. The first-order chi connectivity index (χ1) is 6.20. The molecule has 0 unspecified atom stereocenters. The van der Waals surface area contributed by atoms with E-state index >= 15 is 0 Å². The number of hydrazine groups is 1. The summed E-state index contributed by atoms with van der Waals surface area (Å²) < 4.78 is 0. The molecule has 1 heterocycles. The number of para-hydroxylation sites is 1. The lowest BCUT2D eigenvalue weighted by Crippen LogP contribution is -2.39. The van der Waals surface area contributed by atoms with Gasteiger partial charge in [-0.2, -0.15) is 0 Å². The fourth-order valence-electron chi connectivity index (χ4n) is 1.85. The molecule has 70 valence electrons. The highest BCUT2D eigenvalue weighted by atomic mass is 15.5. The fourth-order valence-corrected chi connectivity index (χ4v) is 1.85. The number of hydrogen-bond acceptors (Lipinski definition) is 2. The zero-order valence-corrected chi connectivity index (χ0v) is 8.41. The van der Waals surface area contributed by atoms with Crippen LogP contribution in [0.4, 0.5) is 5.69 Å². The topological polar surface area (TPSA) is 15.3 Å². The van der Waals surface area contributed by atoms with Crippen molar-refractivity contribution in [1.29, 1.82) is 0 Å². The third-order valence-corrected chi connectivity index (χ3v) is 2.51.